The highest BCUT2D eigenvalue weighted by Crippen LogP contribution is 2.21. The van der Waals surface area contributed by atoms with E-state index in [1.165, 1.54) is 24.8 Å². The average molecular weight is 369 g/mol. The summed E-state index contributed by atoms with van der Waals surface area (Å²) >= 11 is 0. The minimum absolute atomic E-state index is 0.343. The SMILES string of the molecule is CN(Cc1ccccc1)Cc1ccccc1OCC(O)CN1CCCCC1. The molecule has 1 atom stereocenters. The maximum atomic E-state index is 10.4. The van der Waals surface area contributed by atoms with Crippen molar-refractivity contribution in [1.82, 2.24) is 9.80 Å². The second-order valence-corrected chi connectivity index (χ2v) is 7.59. The first-order chi connectivity index (χ1) is 13.2. The lowest BCUT2D eigenvalue weighted by Gasteiger charge is -2.28. The molecular weight excluding hydrogens is 336 g/mol. The van der Waals surface area contributed by atoms with Gasteiger partial charge in [-0.2, -0.15) is 0 Å². The lowest BCUT2D eigenvalue weighted by atomic mass is 10.1. The summed E-state index contributed by atoms with van der Waals surface area (Å²) in [6.07, 6.45) is 3.35. The zero-order chi connectivity index (χ0) is 18.9. The molecule has 1 fully saturated rings. The standard InChI is InChI=1S/C23H32N2O2/c1-24(16-20-10-4-2-5-11-20)17-21-12-6-7-13-23(21)27-19-22(26)18-25-14-8-3-9-15-25/h2,4-7,10-13,22,26H,3,8-9,14-19H2,1H3. The van der Waals surface area contributed by atoms with Crippen molar-refractivity contribution >= 4 is 0 Å². The summed E-state index contributed by atoms with van der Waals surface area (Å²) in [7, 11) is 2.12. The van der Waals surface area contributed by atoms with Gasteiger partial charge in [0.2, 0.25) is 0 Å². The molecule has 1 N–H and O–H groups in total. The lowest BCUT2D eigenvalue weighted by molar-refractivity contribution is 0.0612. The van der Waals surface area contributed by atoms with Gasteiger partial charge in [0, 0.05) is 25.2 Å². The number of aliphatic hydroxyl groups is 1. The van der Waals surface area contributed by atoms with E-state index in [-0.39, 0.29) is 0 Å². The highest BCUT2D eigenvalue weighted by atomic mass is 16.5. The van der Waals surface area contributed by atoms with Gasteiger partial charge in [-0.3, -0.25) is 4.90 Å². The van der Waals surface area contributed by atoms with Crippen LogP contribution in [0.1, 0.15) is 30.4 Å². The van der Waals surface area contributed by atoms with Crippen LogP contribution in [0.4, 0.5) is 0 Å². The number of β-amino-alcohol motifs (C(OH)–C–C–N with tert-alkyl or cyclic N) is 1. The molecule has 0 bridgehead atoms. The maximum Gasteiger partial charge on any atom is 0.123 e. The predicted molar refractivity (Wildman–Crippen MR) is 110 cm³/mol. The van der Waals surface area contributed by atoms with Crippen LogP contribution in [-0.4, -0.2) is 54.3 Å². The van der Waals surface area contributed by atoms with Crippen molar-refractivity contribution in [2.75, 3.05) is 33.3 Å². The third-order valence-corrected chi connectivity index (χ3v) is 5.06. The Morgan fingerprint density at radius 3 is 2.44 bits per heavy atom. The van der Waals surface area contributed by atoms with Crippen molar-refractivity contribution in [2.45, 2.75) is 38.5 Å². The van der Waals surface area contributed by atoms with E-state index in [4.69, 9.17) is 4.74 Å². The first-order valence-corrected chi connectivity index (χ1v) is 10.0. The molecule has 4 nitrogen and oxygen atoms in total. The van der Waals surface area contributed by atoms with E-state index in [1.54, 1.807) is 0 Å². The van der Waals surface area contributed by atoms with Crippen molar-refractivity contribution in [3.8, 4) is 5.75 Å². The maximum absolute atomic E-state index is 10.4. The van der Waals surface area contributed by atoms with Gasteiger partial charge in [-0.15, -0.1) is 0 Å². The van der Waals surface area contributed by atoms with Gasteiger partial charge >= 0.3 is 0 Å². The highest BCUT2D eigenvalue weighted by molar-refractivity contribution is 5.33. The van der Waals surface area contributed by atoms with Crippen molar-refractivity contribution in [1.29, 1.82) is 0 Å². The van der Waals surface area contributed by atoms with Gasteiger partial charge in [-0.05, 0) is 44.6 Å². The fourth-order valence-corrected chi connectivity index (χ4v) is 3.70. The summed E-state index contributed by atoms with van der Waals surface area (Å²) in [5, 5.41) is 10.4. The summed E-state index contributed by atoms with van der Waals surface area (Å²) in [6.45, 7) is 4.95. The van der Waals surface area contributed by atoms with Gasteiger partial charge < -0.3 is 14.7 Å². The van der Waals surface area contributed by atoms with E-state index < -0.39 is 6.10 Å². The predicted octanol–water partition coefficient (Wildman–Crippen LogP) is 3.54. The van der Waals surface area contributed by atoms with Crippen LogP contribution in [0, 0.1) is 0 Å². The third kappa shape index (κ3) is 6.65. The zero-order valence-corrected chi connectivity index (χ0v) is 16.4. The van der Waals surface area contributed by atoms with Gasteiger partial charge in [-0.1, -0.05) is 55.0 Å². The van der Waals surface area contributed by atoms with E-state index >= 15 is 0 Å². The number of rotatable bonds is 9. The van der Waals surface area contributed by atoms with Crippen molar-refractivity contribution in [3.05, 3.63) is 65.7 Å². The Balaban J connectivity index is 1.50. The molecule has 27 heavy (non-hydrogen) atoms. The molecule has 1 aliphatic heterocycles. The molecule has 0 saturated carbocycles. The number of nitrogens with zero attached hydrogens (tertiary/aromatic N) is 2. The highest BCUT2D eigenvalue weighted by Gasteiger charge is 2.16. The van der Waals surface area contributed by atoms with E-state index in [0.29, 0.717) is 13.2 Å². The first-order valence-electron chi connectivity index (χ1n) is 10.0. The molecule has 146 valence electrons. The molecule has 1 unspecified atom stereocenters. The monoisotopic (exact) mass is 368 g/mol. The van der Waals surface area contributed by atoms with Crippen LogP contribution in [0.25, 0.3) is 0 Å². The second kappa shape index (κ2) is 10.5. The lowest BCUT2D eigenvalue weighted by Crippen LogP contribution is -2.38. The molecule has 1 saturated heterocycles. The molecule has 1 aliphatic rings. The minimum atomic E-state index is -0.446. The van der Waals surface area contributed by atoms with Gasteiger partial charge in [0.25, 0.3) is 0 Å². The van der Waals surface area contributed by atoms with Crippen molar-refractivity contribution in [3.63, 3.8) is 0 Å². The van der Waals surface area contributed by atoms with E-state index in [1.807, 2.05) is 24.3 Å². The Kier molecular flexibility index (Phi) is 7.69. The quantitative estimate of drug-likeness (QED) is 0.734. The molecule has 0 radical (unpaired) electrons. The van der Waals surface area contributed by atoms with E-state index in [9.17, 15) is 5.11 Å². The fourth-order valence-electron chi connectivity index (χ4n) is 3.70. The van der Waals surface area contributed by atoms with Crippen molar-refractivity contribution < 1.29 is 9.84 Å². The number of benzene rings is 2. The Morgan fingerprint density at radius 2 is 1.67 bits per heavy atom. The first kappa shape index (κ1) is 19.9. The van der Waals surface area contributed by atoms with Crippen LogP contribution >= 0.6 is 0 Å². The number of aliphatic hydroxyl groups excluding tert-OH is 1. The number of ether oxygens (including phenoxy) is 1. The molecule has 0 aliphatic carbocycles. The van der Waals surface area contributed by atoms with Crippen LogP contribution in [0.15, 0.2) is 54.6 Å². The number of likely N-dealkylation sites (tertiary alicyclic amines) is 1. The third-order valence-electron chi connectivity index (χ3n) is 5.06. The van der Waals surface area contributed by atoms with Gasteiger partial charge in [0.15, 0.2) is 0 Å². The molecule has 0 amide bonds. The summed E-state index contributed by atoms with van der Waals surface area (Å²) in [5.74, 6) is 0.870. The average Bonchev–Trinajstić information content (AvgIpc) is 2.69. The summed E-state index contributed by atoms with van der Waals surface area (Å²) < 4.78 is 5.99. The van der Waals surface area contributed by atoms with E-state index in [2.05, 4.69) is 47.2 Å². The van der Waals surface area contributed by atoms with Crippen LogP contribution in [0.3, 0.4) is 0 Å². The van der Waals surface area contributed by atoms with Gasteiger partial charge in [-0.25, -0.2) is 0 Å². The van der Waals surface area contributed by atoms with Crippen molar-refractivity contribution in [2.24, 2.45) is 0 Å². The Labute approximate surface area is 163 Å². The molecule has 2 aromatic carbocycles. The number of hydrogen-bond acceptors (Lipinski definition) is 4. The zero-order valence-electron chi connectivity index (χ0n) is 16.4. The summed E-state index contributed by atoms with van der Waals surface area (Å²) in [6, 6.07) is 18.6. The Bertz CT molecular complexity index is 671. The number of para-hydroxylation sites is 1. The van der Waals surface area contributed by atoms with Crippen LogP contribution in [-0.2, 0) is 13.1 Å². The normalized spacial score (nSPS) is 16.4. The molecular formula is C23H32N2O2. The molecule has 1 heterocycles. The summed E-state index contributed by atoms with van der Waals surface area (Å²) in [4.78, 5) is 4.62. The smallest absolute Gasteiger partial charge is 0.123 e. The molecule has 2 aromatic rings. The second-order valence-electron chi connectivity index (χ2n) is 7.59. The fraction of sp³-hybridized carbons (Fsp3) is 0.478. The molecule has 4 heteroatoms. The molecule has 0 spiro atoms. The minimum Gasteiger partial charge on any atom is -0.491 e. The Hall–Kier alpha value is -1.88. The largest absolute Gasteiger partial charge is 0.491 e. The molecule has 0 aromatic heterocycles. The Morgan fingerprint density at radius 1 is 0.963 bits per heavy atom. The van der Waals surface area contributed by atoms with Gasteiger partial charge in [0.05, 0.1) is 0 Å². The molecule has 3 rings (SSSR count). The topological polar surface area (TPSA) is 35.9 Å². The van der Waals surface area contributed by atoms with Crippen LogP contribution < -0.4 is 4.74 Å². The number of hydrogen-bond donors (Lipinski definition) is 1. The summed E-state index contributed by atoms with van der Waals surface area (Å²) in [5.41, 5.74) is 2.46. The van der Waals surface area contributed by atoms with E-state index in [0.717, 1.165) is 37.5 Å². The van der Waals surface area contributed by atoms with Gasteiger partial charge in [0.1, 0.15) is 18.5 Å². The number of piperidine rings is 1. The van der Waals surface area contributed by atoms with Crippen LogP contribution in [0.5, 0.6) is 5.75 Å². The van der Waals surface area contributed by atoms with Crippen LogP contribution in [0.2, 0.25) is 0 Å².